The van der Waals surface area contributed by atoms with Crippen LogP contribution >= 0.6 is 0 Å². The number of rotatable bonds is 6. The Labute approximate surface area is 102 Å². The van der Waals surface area contributed by atoms with Crippen molar-refractivity contribution in [3.63, 3.8) is 0 Å². The summed E-state index contributed by atoms with van der Waals surface area (Å²) in [5.74, 6) is 0.520. The first kappa shape index (κ1) is 13.7. The van der Waals surface area contributed by atoms with Crippen molar-refractivity contribution in [1.82, 2.24) is 0 Å². The van der Waals surface area contributed by atoms with E-state index in [0.717, 1.165) is 5.75 Å². The molecule has 0 fully saturated rings. The second-order valence-electron chi connectivity index (χ2n) is 4.03. The maximum Gasteiger partial charge on any atom is 0.194 e. The van der Waals surface area contributed by atoms with Gasteiger partial charge in [-0.05, 0) is 44.0 Å². The number of ketones is 1. The Kier molecular flexibility index (Phi) is 4.70. The molecule has 0 amide bonds. The molecule has 0 radical (unpaired) electrons. The van der Waals surface area contributed by atoms with Gasteiger partial charge in [-0.3, -0.25) is 4.79 Å². The summed E-state index contributed by atoms with van der Waals surface area (Å²) in [5, 5.41) is 10.1. The summed E-state index contributed by atoms with van der Waals surface area (Å²) in [6.45, 7) is 6.14. The van der Waals surface area contributed by atoms with Crippen LogP contribution < -0.4 is 4.74 Å². The van der Waals surface area contributed by atoms with Crippen LogP contribution in [0.3, 0.4) is 0 Å². The second-order valence-corrected chi connectivity index (χ2v) is 4.03. The highest BCUT2D eigenvalue weighted by Gasteiger charge is 2.32. The fraction of sp³-hybridized carbons (Fsp3) is 0.500. The zero-order valence-electron chi connectivity index (χ0n) is 10.7. The first-order valence-corrected chi connectivity index (χ1v) is 6.07. The number of carbonyl (C=O) groups is 1. The average Bonchev–Trinajstić information content (AvgIpc) is 2.38. The third kappa shape index (κ3) is 3.07. The van der Waals surface area contributed by atoms with Crippen molar-refractivity contribution in [2.45, 2.75) is 39.2 Å². The van der Waals surface area contributed by atoms with Gasteiger partial charge < -0.3 is 9.84 Å². The molecule has 17 heavy (non-hydrogen) atoms. The minimum absolute atomic E-state index is 0.217. The zero-order chi connectivity index (χ0) is 12.9. The number of aliphatic hydroxyl groups is 1. The van der Waals surface area contributed by atoms with Crippen molar-refractivity contribution >= 4 is 5.78 Å². The standard InChI is InChI=1S/C14H20O3/c1-4-14(16,5-2)13(15)11-7-9-12(10-8-11)17-6-3/h7-10,16H,4-6H2,1-3H3. The van der Waals surface area contributed by atoms with Crippen molar-refractivity contribution in [3.05, 3.63) is 29.8 Å². The molecule has 0 saturated carbocycles. The van der Waals surface area contributed by atoms with Crippen LogP contribution in [0.4, 0.5) is 0 Å². The Hall–Kier alpha value is -1.35. The van der Waals surface area contributed by atoms with Crippen molar-refractivity contribution < 1.29 is 14.6 Å². The van der Waals surface area contributed by atoms with Crippen LogP contribution in [-0.2, 0) is 0 Å². The number of hydrogen-bond acceptors (Lipinski definition) is 3. The highest BCUT2D eigenvalue weighted by molar-refractivity contribution is 6.02. The van der Waals surface area contributed by atoms with Gasteiger partial charge >= 0.3 is 0 Å². The largest absolute Gasteiger partial charge is 0.494 e. The number of ether oxygens (including phenoxy) is 1. The van der Waals surface area contributed by atoms with Crippen LogP contribution in [0.25, 0.3) is 0 Å². The Morgan fingerprint density at radius 1 is 1.18 bits per heavy atom. The average molecular weight is 236 g/mol. The molecule has 0 aliphatic carbocycles. The topological polar surface area (TPSA) is 46.5 Å². The van der Waals surface area contributed by atoms with Gasteiger partial charge in [-0.2, -0.15) is 0 Å². The Balaban J connectivity index is 2.89. The summed E-state index contributed by atoms with van der Waals surface area (Å²) in [7, 11) is 0. The molecule has 94 valence electrons. The molecular weight excluding hydrogens is 216 g/mol. The van der Waals surface area contributed by atoms with Gasteiger partial charge in [-0.25, -0.2) is 0 Å². The summed E-state index contributed by atoms with van der Waals surface area (Å²) in [6, 6.07) is 6.90. The SMILES string of the molecule is CCOc1ccc(C(=O)C(O)(CC)CC)cc1. The molecule has 0 spiro atoms. The fourth-order valence-electron chi connectivity index (χ4n) is 1.71. The lowest BCUT2D eigenvalue weighted by atomic mass is 9.88. The van der Waals surface area contributed by atoms with Crippen LogP contribution in [0.1, 0.15) is 44.0 Å². The highest BCUT2D eigenvalue weighted by atomic mass is 16.5. The Morgan fingerprint density at radius 3 is 2.12 bits per heavy atom. The molecule has 0 aliphatic rings. The van der Waals surface area contributed by atoms with Gasteiger partial charge in [0.25, 0.3) is 0 Å². The van der Waals surface area contributed by atoms with Gasteiger partial charge in [0.2, 0.25) is 0 Å². The van der Waals surface area contributed by atoms with Gasteiger partial charge in [0.15, 0.2) is 5.78 Å². The smallest absolute Gasteiger partial charge is 0.194 e. The van der Waals surface area contributed by atoms with Crippen molar-refractivity contribution in [2.24, 2.45) is 0 Å². The second kappa shape index (κ2) is 5.82. The molecule has 3 nitrogen and oxygen atoms in total. The molecule has 0 unspecified atom stereocenters. The zero-order valence-corrected chi connectivity index (χ0v) is 10.7. The number of Topliss-reactive ketones (excluding diaryl/α,β-unsaturated/α-hetero) is 1. The Morgan fingerprint density at radius 2 is 1.71 bits per heavy atom. The van der Waals surface area contributed by atoms with Crippen molar-refractivity contribution in [1.29, 1.82) is 0 Å². The highest BCUT2D eigenvalue weighted by Crippen LogP contribution is 2.22. The molecule has 0 heterocycles. The van der Waals surface area contributed by atoms with E-state index in [1.54, 1.807) is 24.3 Å². The number of benzene rings is 1. The Bertz CT molecular complexity index is 364. The van der Waals surface area contributed by atoms with E-state index in [2.05, 4.69) is 0 Å². The van der Waals surface area contributed by atoms with Gasteiger partial charge in [0.05, 0.1) is 6.61 Å². The summed E-state index contributed by atoms with van der Waals surface area (Å²) in [5.41, 5.74) is -0.715. The van der Waals surface area contributed by atoms with Crippen LogP contribution in [-0.4, -0.2) is 23.1 Å². The van der Waals surface area contributed by atoms with Gasteiger partial charge in [0.1, 0.15) is 11.4 Å². The van der Waals surface area contributed by atoms with Crippen molar-refractivity contribution in [2.75, 3.05) is 6.61 Å². The van der Waals surface area contributed by atoms with E-state index in [0.29, 0.717) is 25.0 Å². The first-order chi connectivity index (χ1) is 8.07. The van der Waals surface area contributed by atoms with Crippen LogP contribution in [0.5, 0.6) is 5.75 Å². The van der Waals surface area contributed by atoms with Gasteiger partial charge in [-0.15, -0.1) is 0 Å². The molecule has 0 bridgehead atoms. The van der Waals surface area contributed by atoms with E-state index in [4.69, 9.17) is 4.74 Å². The minimum Gasteiger partial charge on any atom is -0.494 e. The molecule has 1 aromatic rings. The van der Waals surface area contributed by atoms with E-state index in [1.807, 2.05) is 20.8 Å². The van der Waals surface area contributed by atoms with E-state index in [9.17, 15) is 9.90 Å². The lowest BCUT2D eigenvalue weighted by molar-refractivity contribution is 0.0277. The van der Waals surface area contributed by atoms with E-state index in [1.165, 1.54) is 0 Å². The normalized spacial score (nSPS) is 11.3. The van der Waals surface area contributed by atoms with Crippen molar-refractivity contribution in [3.8, 4) is 5.75 Å². The summed E-state index contributed by atoms with van der Waals surface area (Å²) < 4.78 is 5.31. The maximum atomic E-state index is 12.1. The molecule has 0 aromatic heterocycles. The third-order valence-electron chi connectivity index (χ3n) is 3.02. The monoisotopic (exact) mass is 236 g/mol. The van der Waals surface area contributed by atoms with Crippen LogP contribution in [0.15, 0.2) is 24.3 Å². The summed E-state index contributed by atoms with van der Waals surface area (Å²) in [4.78, 5) is 12.1. The lowest BCUT2D eigenvalue weighted by Gasteiger charge is -2.23. The van der Waals surface area contributed by atoms with Gasteiger partial charge in [0, 0.05) is 5.56 Å². The maximum absolute atomic E-state index is 12.1. The quantitative estimate of drug-likeness (QED) is 0.772. The van der Waals surface area contributed by atoms with E-state index >= 15 is 0 Å². The van der Waals surface area contributed by atoms with Crippen LogP contribution in [0.2, 0.25) is 0 Å². The molecule has 3 heteroatoms. The number of carbonyl (C=O) groups excluding carboxylic acids is 1. The lowest BCUT2D eigenvalue weighted by Crippen LogP contribution is -2.37. The van der Waals surface area contributed by atoms with Crippen LogP contribution in [0, 0.1) is 0 Å². The fourth-order valence-corrected chi connectivity index (χ4v) is 1.71. The molecule has 1 N–H and O–H groups in total. The predicted molar refractivity (Wildman–Crippen MR) is 67.5 cm³/mol. The minimum atomic E-state index is -1.24. The first-order valence-electron chi connectivity index (χ1n) is 6.07. The third-order valence-corrected chi connectivity index (χ3v) is 3.02. The van der Waals surface area contributed by atoms with Gasteiger partial charge in [-0.1, -0.05) is 13.8 Å². The molecule has 1 aromatic carbocycles. The molecule has 1 rings (SSSR count). The molecular formula is C14H20O3. The van der Waals surface area contributed by atoms with E-state index < -0.39 is 5.60 Å². The van der Waals surface area contributed by atoms with E-state index in [-0.39, 0.29) is 5.78 Å². The predicted octanol–water partition coefficient (Wildman–Crippen LogP) is 2.82. The summed E-state index contributed by atoms with van der Waals surface area (Å²) >= 11 is 0. The summed E-state index contributed by atoms with van der Waals surface area (Å²) in [6.07, 6.45) is 0.852. The number of hydrogen-bond donors (Lipinski definition) is 1. The molecule has 0 saturated heterocycles. The molecule has 0 aliphatic heterocycles. The molecule has 0 atom stereocenters.